The number of rotatable bonds is 4. The van der Waals surface area contributed by atoms with E-state index in [0.717, 1.165) is 16.6 Å². The molecule has 0 spiro atoms. The lowest BCUT2D eigenvalue weighted by Gasteiger charge is -2.19. The zero-order valence-electron chi connectivity index (χ0n) is 11.3. The first kappa shape index (κ1) is 14.7. The van der Waals surface area contributed by atoms with Crippen molar-refractivity contribution in [3.05, 3.63) is 55.4 Å². The van der Waals surface area contributed by atoms with Gasteiger partial charge in [-0.25, -0.2) is 4.39 Å². The molecule has 0 saturated carbocycles. The van der Waals surface area contributed by atoms with Crippen molar-refractivity contribution in [1.82, 2.24) is 5.32 Å². The number of nitrogens with one attached hydrogen (secondary N) is 1. The van der Waals surface area contributed by atoms with E-state index in [2.05, 4.69) is 33.6 Å². The van der Waals surface area contributed by atoms with Crippen molar-refractivity contribution < 1.29 is 4.39 Å². The van der Waals surface area contributed by atoms with E-state index in [-0.39, 0.29) is 11.9 Å². The Hall–Kier alpha value is -0.710. The van der Waals surface area contributed by atoms with Gasteiger partial charge in [-0.3, -0.25) is 0 Å². The van der Waals surface area contributed by atoms with Crippen LogP contribution in [0.15, 0.2) is 28.1 Å². The van der Waals surface area contributed by atoms with Crippen molar-refractivity contribution >= 4 is 27.3 Å². The predicted molar refractivity (Wildman–Crippen MR) is 83.4 cm³/mol. The summed E-state index contributed by atoms with van der Waals surface area (Å²) < 4.78 is 14.9. The average molecular weight is 342 g/mol. The van der Waals surface area contributed by atoms with Gasteiger partial charge in [-0.15, -0.1) is 11.3 Å². The minimum absolute atomic E-state index is 0.107. The number of thiophene rings is 1. The van der Waals surface area contributed by atoms with Crippen LogP contribution < -0.4 is 5.32 Å². The molecule has 1 N–H and O–H groups in total. The van der Waals surface area contributed by atoms with E-state index < -0.39 is 0 Å². The van der Waals surface area contributed by atoms with Gasteiger partial charge in [0.05, 0.1) is 6.04 Å². The van der Waals surface area contributed by atoms with Crippen LogP contribution >= 0.6 is 27.3 Å². The van der Waals surface area contributed by atoms with Crippen LogP contribution in [0.2, 0.25) is 0 Å². The molecule has 1 nitrogen and oxygen atoms in total. The monoisotopic (exact) mass is 341 g/mol. The van der Waals surface area contributed by atoms with E-state index in [1.54, 1.807) is 11.3 Å². The molecule has 1 unspecified atom stereocenters. The van der Waals surface area contributed by atoms with Crippen LogP contribution in [0.1, 0.15) is 34.5 Å². The van der Waals surface area contributed by atoms with E-state index in [4.69, 9.17) is 0 Å². The van der Waals surface area contributed by atoms with Crippen LogP contribution in [0.3, 0.4) is 0 Å². The Morgan fingerprint density at radius 3 is 2.42 bits per heavy atom. The Bertz CT molecular complexity index is 556. The number of benzene rings is 1. The molecule has 0 radical (unpaired) electrons. The maximum Gasteiger partial charge on any atom is 0.129 e. The molecule has 4 heteroatoms. The average Bonchev–Trinajstić information content (AvgIpc) is 2.78. The molecule has 0 amide bonds. The van der Waals surface area contributed by atoms with Crippen LogP contribution in [0.25, 0.3) is 0 Å². The zero-order valence-corrected chi connectivity index (χ0v) is 13.7. The van der Waals surface area contributed by atoms with Gasteiger partial charge in [0.25, 0.3) is 0 Å². The molecule has 0 aliphatic heterocycles. The predicted octanol–water partition coefficient (Wildman–Crippen LogP) is 4.97. The third-order valence-electron chi connectivity index (χ3n) is 3.11. The molecule has 2 aromatic rings. The highest BCUT2D eigenvalue weighted by molar-refractivity contribution is 9.10. The second-order valence-corrected chi connectivity index (χ2v) is 6.39. The summed E-state index contributed by atoms with van der Waals surface area (Å²) in [6.45, 7) is 6.58. The summed E-state index contributed by atoms with van der Waals surface area (Å²) in [5.41, 5.74) is 2.51. The second-order valence-electron chi connectivity index (χ2n) is 4.59. The standard InChI is InChI=1S/C15H17BrFNS/c1-4-18-14(15-12(16)5-6-19-15)11-7-9(2)13(17)10(3)8-11/h5-8,14,18H,4H2,1-3H3. The fraction of sp³-hybridized carbons (Fsp3) is 0.333. The fourth-order valence-corrected chi connectivity index (χ4v) is 3.93. The topological polar surface area (TPSA) is 12.0 Å². The Labute approximate surface area is 126 Å². The van der Waals surface area contributed by atoms with Crippen molar-refractivity contribution in [2.75, 3.05) is 6.54 Å². The Balaban J connectivity index is 2.48. The molecule has 0 bridgehead atoms. The molecule has 1 aromatic carbocycles. The Morgan fingerprint density at radius 1 is 1.32 bits per heavy atom. The van der Waals surface area contributed by atoms with Gasteiger partial charge >= 0.3 is 0 Å². The SMILES string of the molecule is CCNC(c1cc(C)c(F)c(C)c1)c1sccc1Br. The van der Waals surface area contributed by atoms with Crippen molar-refractivity contribution in [1.29, 1.82) is 0 Å². The van der Waals surface area contributed by atoms with Crippen LogP contribution in [-0.2, 0) is 0 Å². The summed E-state index contributed by atoms with van der Waals surface area (Å²) in [7, 11) is 0. The molecule has 102 valence electrons. The highest BCUT2D eigenvalue weighted by atomic mass is 79.9. The fourth-order valence-electron chi connectivity index (χ4n) is 2.22. The van der Waals surface area contributed by atoms with Gasteiger partial charge in [0.15, 0.2) is 0 Å². The number of hydrogen-bond acceptors (Lipinski definition) is 2. The van der Waals surface area contributed by atoms with Crippen molar-refractivity contribution in [2.24, 2.45) is 0 Å². The molecular formula is C15H17BrFNS. The lowest BCUT2D eigenvalue weighted by Crippen LogP contribution is -2.21. The Kier molecular flexibility index (Phi) is 4.76. The largest absolute Gasteiger partial charge is 0.306 e. The molecule has 0 saturated heterocycles. The van der Waals surface area contributed by atoms with Gasteiger partial charge in [0.2, 0.25) is 0 Å². The molecule has 2 rings (SSSR count). The number of hydrogen-bond donors (Lipinski definition) is 1. The van der Waals surface area contributed by atoms with Crippen molar-refractivity contribution in [2.45, 2.75) is 26.8 Å². The van der Waals surface area contributed by atoms with Gasteiger partial charge in [-0.05, 0) is 64.5 Å². The second kappa shape index (κ2) is 6.16. The normalized spacial score (nSPS) is 12.7. The molecule has 19 heavy (non-hydrogen) atoms. The smallest absolute Gasteiger partial charge is 0.129 e. The lowest BCUT2D eigenvalue weighted by molar-refractivity contribution is 0.600. The van der Waals surface area contributed by atoms with Crippen LogP contribution in [0, 0.1) is 19.7 Å². The maximum absolute atomic E-state index is 13.8. The summed E-state index contributed by atoms with van der Waals surface area (Å²) in [6, 6.07) is 6.02. The van der Waals surface area contributed by atoms with Crippen molar-refractivity contribution in [3.63, 3.8) is 0 Å². The third kappa shape index (κ3) is 3.07. The molecule has 0 aliphatic carbocycles. The summed E-state index contributed by atoms with van der Waals surface area (Å²) >= 11 is 5.29. The minimum Gasteiger partial charge on any atom is -0.306 e. The van der Waals surface area contributed by atoms with E-state index in [0.29, 0.717) is 11.1 Å². The highest BCUT2D eigenvalue weighted by Gasteiger charge is 2.19. The quantitative estimate of drug-likeness (QED) is 0.828. The number of halogens is 2. The Morgan fingerprint density at radius 2 is 1.95 bits per heavy atom. The van der Waals surface area contributed by atoms with E-state index in [9.17, 15) is 4.39 Å². The molecule has 1 aromatic heterocycles. The first-order valence-electron chi connectivity index (χ1n) is 6.27. The summed E-state index contributed by atoms with van der Waals surface area (Å²) in [6.07, 6.45) is 0. The van der Waals surface area contributed by atoms with Gasteiger partial charge < -0.3 is 5.32 Å². The van der Waals surface area contributed by atoms with Crippen LogP contribution in [0.4, 0.5) is 4.39 Å². The van der Waals surface area contributed by atoms with Gasteiger partial charge in [-0.1, -0.05) is 19.1 Å². The molecule has 0 aliphatic rings. The number of aryl methyl sites for hydroxylation is 2. The maximum atomic E-state index is 13.8. The molecule has 1 heterocycles. The third-order valence-corrected chi connectivity index (χ3v) is 5.04. The van der Waals surface area contributed by atoms with E-state index in [1.165, 1.54) is 4.88 Å². The molecular weight excluding hydrogens is 325 g/mol. The molecule has 0 fully saturated rings. The zero-order chi connectivity index (χ0) is 14.0. The van der Waals surface area contributed by atoms with Gasteiger partial charge in [0.1, 0.15) is 5.82 Å². The highest BCUT2D eigenvalue weighted by Crippen LogP contribution is 2.34. The van der Waals surface area contributed by atoms with Crippen LogP contribution in [0.5, 0.6) is 0 Å². The van der Waals surface area contributed by atoms with E-state index in [1.807, 2.05) is 32.0 Å². The van der Waals surface area contributed by atoms with Gasteiger partial charge in [0, 0.05) is 9.35 Å². The van der Waals surface area contributed by atoms with Crippen molar-refractivity contribution in [3.8, 4) is 0 Å². The summed E-state index contributed by atoms with van der Waals surface area (Å²) in [5, 5.41) is 5.54. The minimum atomic E-state index is -0.107. The van der Waals surface area contributed by atoms with Gasteiger partial charge in [-0.2, -0.15) is 0 Å². The summed E-state index contributed by atoms with van der Waals surface area (Å²) in [4.78, 5) is 1.23. The first-order chi connectivity index (χ1) is 9.04. The summed E-state index contributed by atoms with van der Waals surface area (Å²) in [5.74, 6) is -0.107. The van der Waals surface area contributed by atoms with Crippen LogP contribution in [-0.4, -0.2) is 6.54 Å². The van der Waals surface area contributed by atoms with E-state index >= 15 is 0 Å². The first-order valence-corrected chi connectivity index (χ1v) is 7.94. The lowest BCUT2D eigenvalue weighted by atomic mass is 9.99. The molecule has 1 atom stereocenters.